The van der Waals surface area contributed by atoms with Crippen LogP contribution in [0, 0.1) is 5.92 Å². The van der Waals surface area contributed by atoms with Crippen molar-refractivity contribution < 1.29 is 33.3 Å². The van der Waals surface area contributed by atoms with E-state index < -0.39 is 27.5 Å². The Labute approximate surface area is 179 Å². The fourth-order valence-corrected chi connectivity index (χ4v) is 4.73. The van der Waals surface area contributed by atoms with E-state index in [9.17, 15) is 28.5 Å². The van der Waals surface area contributed by atoms with E-state index in [1.165, 1.54) is 41.0 Å². The maximum absolute atomic E-state index is 12.7. The minimum atomic E-state index is -3.84. The molecule has 1 heterocycles. The number of aromatic hydroxyl groups is 2. The lowest BCUT2D eigenvalue weighted by atomic mass is 10.1. The summed E-state index contributed by atoms with van der Waals surface area (Å²) in [5.41, 5.74) is 0. The topological polar surface area (TPSA) is 126 Å². The summed E-state index contributed by atoms with van der Waals surface area (Å²) >= 11 is 0. The number of hydrogen-bond acceptors (Lipinski definition) is 6. The lowest BCUT2D eigenvalue weighted by Crippen LogP contribution is -2.24. The van der Waals surface area contributed by atoms with Gasteiger partial charge in [0, 0.05) is 18.7 Å². The maximum Gasteiger partial charge on any atom is 0.307 e. The molecule has 0 radical (unpaired) electrons. The van der Waals surface area contributed by atoms with E-state index in [-0.39, 0.29) is 36.0 Å². The van der Waals surface area contributed by atoms with Crippen molar-refractivity contribution >= 4 is 15.8 Å². The summed E-state index contributed by atoms with van der Waals surface area (Å²) < 4.78 is 32.3. The van der Waals surface area contributed by atoms with Gasteiger partial charge in [-0.3, -0.25) is 9.36 Å². The van der Waals surface area contributed by atoms with Crippen molar-refractivity contribution in [1.82, 2.24) is 4.57 Å². The highest BCUT2D eigenvalue weighted by Gasteiger charge is 2.26. The molecule has 164 valence electrons. The van der Waals surface area contributed by atoms with Gasteiger partial charge in [-0.2, -0.15) is 0 Å². The molecule has 8 nitrogen and oxygen atoms in total. The molecule has 0 fully saturated rings. The van der Waals surface area contributed by atoms with E-state index in [1.54, 1.807) is 12.1 Å². The monoisotopic (exact) mass is 445 g/mol. The van der Waals surface area contributed by atoms with Crippen LogP contribution in [0.1, 0.15) is 12.8 Å². The number of nitrogens with zero attached hydrogens (tertiary/aromatic N) is 1. The van der Waals surface area contributed by atoms with E-state index in [0.717, 1.165) is 0 Å². The lowest BCUT2D eigenvalue weighted by Gasteiger charge is -2.14. The Hall–Kier alpha value is -3.46. The summed E-state index contributed by atoms with van der Waals surface area (Å²) in [7, 11) is -3.84. The Morgan fingerprint density at radius 3 is 2.06 bits per heavy atom. The summed E-state index contributed by atoms with van der Waals surface area (Å²) in [6, 6.07) is 17.5. The van der Waals surface area contributed by atoms with Crippen LogP contribution in [-0.2, 0) is 21.2 Å². The van der Waals surface area contributed by atoms with Gasteiger partial charge in [-0.25, -0.2) is 8.42 Å². The van der Waals surface area contributed by atoms with Gasteiger partial charge in [-0.05, 0) is 49.2 Å². The third-order valence-corrected chi connectivity index (χ3v) is 6.63. The average Bonchev–Trinajstić information content (AvgIpc) is 3.06. The fraction of sp³-hybridized carbons (Fsp3) is 0.227. The van der Waals surface area contributed by atoms with Crippen molar-refractivity contribution in [2.24, 2.45) is 5.92 Å². The van der Waals surface area contributed by atoms with Crippen molar-refractivity contribution in [1.29, 1.82) is 0 Å². The molecular weight excluding hydrogens is 422 g/mol. The highest BCUT2D eigenvalue weighted by molar-refractivity contribution is 7.91. The van der Waals surface area contributed by atoms with Crippen LogP contribution in [0.25, 0.3) is 0 Å². The summed E-state index contributed by atoms with van der Waals surface area (Å²) in [5.74, 6) is -2.09. The Bertz CT molecular complexity index is 1100. The number of benzene rings is 2. The quantitative estimate of drug-likeness (QED) is 0.435. The SMILES string of the molecule is O=C(O)C(CCCn1c(O)ccc1O)CS(=O)(=O)c1ccc(Oc2ccccc2)cc1. The molecule has 0 saturated heterocycles. The molecule has 0 aliphatic carbocycles. The summed E-state index contributed by atoms with van der Waals surface area (Å²) in [5, 5.41) is 28.7. The van der Waals surface area contributed by atoms with Crippen LogP contribution in [-0.4, -0.2) is 40.0 Å². The van der Waals surface area contributed by atoms with Crippen LogP contribution in [0.3, 0.4) is 0 Å². The zero-order chi connectivity index (χ0) is 22.4. The van der Waals surface area contributed by atoms with Gasteiger partial charge in [0.1, 0.15) is 11.5 Å². The van der Waals surface area contributed by atoms with Crippen LogP contribution in [0.15, 0.2) is 71.6 Å². The molecule has 31 heavy (non-hydrogen) atoms. The highest BCUT2D eigenvalue weighted by Crippen LogP contribution is 2.25. The number of carboxylic acid groups (broad SMARTS) is 1. The third-order valence-electron chi connectivity index (χ3n) is 4.80. The second-order valence-corrected chi connectivity index (χ2v) is 9.08. The Morgan fingerprint density at radius 1 is 0.903 bits per heavy atom. The van der Waals surface area contributed by atoms with Crippen molar-refractivity contribution in [3.8, 4) is 23.3 Å². The molecule has 0 aliphatic rings. The smallest absolute Gasteiger partial charge is 0.307 e. The van der Waals surface area contributed by atoms with Crippen LogP contribution in [0.4, 0.5) is 0 Å². The Kier molecular flexibility index (Phi) is 6.86. The molecule has 9 heteroatoms. The maximum atomic E-state index is 12.7. The molecular formula is C22H23NO7S. The first-order valence-corrected chi connectivity index (χ1v) is 11.3. The molecule has 1 unspecified atom stereocenters. The van der Waals surface area contributed by atoms with Gasteiger partial charge in [-0.1, -0.05) is 18.2 Å². The van der Waals surface area contributed by atoms with Crippen LogP contribution >= 0.6 is 0 Å². The van der Waals surface area contributed by atoms with Crippen LogP contribution in [0.5, 0.6) is 23.3 Å². The van der Waals surface area contributed by atoms with E-state index in [4.69, 9.17) is 4.74 Å². The molecule has 3 N–H and O–H groups in total. The van der Waals surface area contributed by atoms with E-state index in [2.05, 4.69) is 0 Å². The molecule has 1 atom stereocenters. The molecule has 0 aliphatic heterocycles. The van der Waals surface area contributed by atoms with Gasteiger partial charge in [0.05, 0.1) is 16.6 Å². The number of aliphatic carboxylic acids is 1. The zero-order valence-corrected chi connectivity index (χ0v) is 17.4. The minimum absolute atomic E-state index is 0.0138. The number of carboxylic acids is 1. The Balaban J connectivity index is 1.63. The van der Waals surface area contributed by atoms with Crippen molar-refractivity contribution in [3.05, 3.63) is 66.7 Å². The van der Waals surface area contributed by atoms with Gasteiger partial charge in [0.25, 0.3) is 0 Å². The molecule has 0 amide bonds. The normalized spacial score (nSPS) is 12.4. The lowest BCUT2D eigenvalue weighted by molar-refractivity contribution is -0.141. The van der Waals surface area contributed by atoms with Gasteiger partial charge in [0.15, 0.2) is 21.6 Å². The first kappa shape index (κ1) is 22.2. The third kappa shape index (κ3) is 5.79. The van der Waals surface area contributed by atoms with Crippen molar-refractivity contribution in [2.75, 3.05) is 5.75 Å². The summed E-state index contributed by atoms with van der Waals surface area (Å²) in [6.45, 7) is 0.167. The predicted molar refractivity (Wildman–Crippen MR) is 113 cm³/mol. The number of ether oxygens (including phenoxy) is 1. The summed E-state index contributed by atoms with van der Waals surface area (Å²) in [6.07, 6.45) is 0.340. The van der Waals surface area contributed by atoms with Gasteiger partial charge in [-0.15, -0.1) is 0 Å². The molecule has 0 saturated carbocycles. The van der Waals surface area contributed by atoms with Gasteiger partial charge < -0.3 is 20.1 Å². The van der Waals surface area contributed by atoms with Gasteiger partial charge in [0.2, 0.25) is 0 Å². The minimum Gasteiger partial charge on any atom is -0.494 e. The van der Waals surface area contributed by atoms with E-state index in [1.807, 2.05) is 18.2 Å². The highest BCUT2D eigenvalue weighted by atomic mass is 32.2. The predicted octanol–water partition coefficient (Wildman–Crippen LogP) is 3.65. The first-order valence-electron chi connectivity index (χ1n) is 9.62. The number of para-hydroxylation sites is 1. The number of aromatic nitrogens is 1. The second-order valence-electron chi connectivity index (χ2n) is 7.05. The number of sulfone groups is 1. The fourth-order valence-electron chi connectivity index (χ4n) is 3.15. The largest absolute Gasteiger partial charge is 0.494 e. The van der Waals surface area contributed by atoms with Crippen molar-refractivity contribution in [3.63, 3.8) is 0 Å². The first-order chi connectivity index (χ1) is 14.8. The van der Waals surface area contributed by atoms with E-state index in [0.29, 0.717) is 11.5 Å². The van der Waals surface area contributed by atoms with Crippen molar-refractivity contribution in [2.45, 2.75) is 24.3 Å². The standard InChI is InChI=1S/C22H23NO7S/c24-20-12-13-21(25)23(20)14-4-5-16(22(26)27)15-31(28,29)19-10-8-18(9-11-19)30-17-6-2-1-3-7-17/h1-3,6-13,16,24-25H,4-5,14-15H2,(H,26,27). The molecule has 1 aromatic heterocycles. The Morgan fingerprint density at radius 2 is 1.48 bits per heavy atom. The number of carbonyl (C=O) groups is 1. The molecule has 2 aromatic carbocycles. The molecule has 3 aromatic rings. The number of rotatable bonds is 10. The molecule has 0 bridgehead atoms. The van der Waals surface area contributed by atoms with Gasteiger partial charge >= 0.3 is 5.97 Å². The van der Waals surface area contributed by atoms with E-state index >= 15 is 0 Å². The second kappa shape index (κ2) is 9.57. The van der Waals surface area contributed by atoms with Crippen LogP contribution in [0.2, 0.25) is 0 Å². The molecule has 0 spiro atoms. The average molecular weight is 445 g/mol. The zero-order valence-electron chi connectivity index (χ0n) is 16.6. The van der Waals surface area contributed by atoms with Crippen LogP contribution < -0.4 is 4.74 Å². The summed E-state index contributed by atoms with van der Waals surface area (Å²) in [4.78, 5) is 11.6. The number of hydrogen-bond donors (Lipinski definition) is 3. The molecule has 3 rings (SSSR count).